The Labute approximate surface area is 89.7 Å². The van der Waals surface area contributed by atoms with Crippen LogP contribution in [0.2, 0.25) is 0 Å². The number of carbonyl (C=O) groups is 1. The van der Waals surface area contributed by atoms with Crippen LogP contribution in [-0.4, -0.2) is 5.91 Å². The molecule has 0 bridgehead atoms. The maximum absolute atomic E-state index is 11.3. The van der Waals surface area contributed by atoms with E-state index in [1.54, 1.807) is 18.2 Å². The number of hydrogen-bond donors (Lipinski definition) is 1. The van der Waals surface area contributed by atoms with Crippen LogP contribution in [0.3, 0.4) is 0 Å². The van der Waals surface area contributed by atoms with Gasteiger partial charge in [-0.15, -0.1) is 0 Å². The molecule has 0 aromatic heterocycles. The largest absolute Gasteiger partial charge is 0.326 e. The van der Waals surface area contributed by atoms with Crippen molar-refractivity contribution < 1.29 is 4.79 Å². The number of benzene rings is 1. The lowest BCUT2D eigenvalue weighted by atomic mass is 10.1. The number of amides is 1. The number of aryl methyl sites for hydroxylation is 1. The Kier molecular flexibility index (Phi) is 3.87. The molecule has 1 aromatic carbocycles. The summed E-state index contributed by atoms with van der Waals surface area (Å²) in [6, 6.07) is 7.29. The molecule has 0 aliphatic heterocycles. The fraction of sp³-hybridized carbons (Fsp3) is 0.333. The maximum Gasteiger partial charge on any atom is 0.224 e. The van der Waals surface area contributed by atoms with Crippen molar-refractivity contribution in [3.05, 3.63) is 29.3 Å². The molecule has 3 heteroatoms. The Hall–Kier alpha value is -1.82. The molecule has 1 rings (SSSR count). The van der Waals surface area contributed by atoms with E-state index in [0.717, 1.165) is 17.7 Å². The topological polar surface area (TPSA) is 52.9 Å². The number of carbonyl (C=O) groups excluding carboxylic acids is 1. The lowest BCUT2D eigenvalue weighted by molar-refractivity contribution is -0.116. The Balaban J connectivity index is 2.79. The second kappa shape index (κ2) is 5.16. The summed E-state index contributed by atoms with van der Waals surface area (Å²) in [5, 5.41) is 11.5. The van der Waals surface area contributed by atoms with Gasteiger partial charge in [0.05, 0.1) is 11.6 Å². The summed E-state index contributed by atoms with van der Waals surface area (Å²) in [6.07, 6.45) is 1.36. The highest BCUT2D eigenvalue weighted by molar-refractivity contribution is 5.91. The average molecular weight is 202 g/mol. The van der Waals surface area contributed by atoms with Gasteiger partial charge in [0.2, 0.25) is 5.91 Å². The van der Waals surface area contributed by atoms with Crippen molar-refractivity contribution in [2.24, 2.45) is 0 Å². The molecule has 0 saturated heterocycles. The average Bonchev–Trinajstić information content (AvgIpc) is 2.21. The van der Waals surface area contributed by atoms with Crippen molar-refractivity contribution in [1.29, 1.82) is 5.26 Å². The third-order valence-electron chi connectivity index (χ3n) is 2.11. The zero-order chi connectivity index (χ0) is 11.3. The molecule has 0 heterocycles. The minimum atomic E-state index is 0.0188. The zero-order valence-electron chi connectivity index (χ0n) is 9.00. The van der Waals surface area contributed by atoms with Crippen molar-refractivity contribution in [2.75, 3.05) is 5.32 Å². The van der Waals surface area contributed by atoms with Crippen molar-refractivity contribution in [3.8, 4) is 6.07 Å². The van der Waals surface area contributed by atoms with E-state index in [1.807, 2.05) is 13.8 Å². The van der Waals surface area contributed by atoms with Crippen molar-refractivity contribution in [2.45, 2.75) is 26.7 Å². The summed E-state index contributed by atoms with van der Waals surface area (Å²) in [7, 11) is 0. The van der Waals surface area contributed by atoms with Gasteiger partial charge >= 0.3 is 0 Å². The SMILES string of the molecule is CCCC(=O)Nc1ccc(C#N)cc1C. The number of nitrogens with one attached hydrogen (secondary N) is 1. The van der Waals surface area contributed by atoms with Crippen LogP contribution in [0.25, 0.3) is 0 Å². The molecule has 0 saturated carbocycles. The molecule has 0 radical (unpaired) electrons. The summed E-state index contributed by atoms with van der Waals surface area (Å²) in [5.41, 5.74) is 2.31. The van der Waals surface area contributed by atoms with E-state index in [-0.39, 0.29) is 5.91 Å². The van der Waals surface area contributed by atoms with Gasteiger partial charge in [-0.1, -0.05) is 6.92 Å². The van der Waals surface area contributed by atoms with E-state index < -0.39 is 0 Å². The van der Waals surface area contributed by atoms with Gasteiger partial charge in [0.25, 0.3) is 0 Å². The standard InChI is InChI=1S/C12H14N2O/c1-3-4-12(15)14-11-6-5-10(8-13)7-9(11)2/h5-7H,3-4H2,1-2H3,(H,14,15). The summed E-state index contributed by atoms with van der Waals surface area (Å²) in [4.78, 5) is 11.3. The van der Waals surface area contributed by atoms with Crippen LogP contribution < -0.4 is 5.32 Å². The zero-order valence-corrected chi connectivity index (χ0v) is 9.00. The van der Waals surface area contributed by atoms with Crippen LogP contribution in [0.15, 0.2) is 18.2 Å². The van der Waals surface area contributed by atoms with Gasteiger partial charge in [-0.2, -0.15) is 5.26 Å². The fourth-order valence-corrected chi connectivity index (χ4v) is 1.31. The fourth-order valence-electron chi connectivity index (χ4n) is 1.31. The van der Waals surface area contributed by atoms with Gasteiger partial charge in [-0.25, -0.2) is 0 Å². The number of rotatable bonds is 3. The first-order valence-corrected chi connectivity index (χ1v) is 4.98. The highest BCUT2D eigenvalue weighted by atomic mass is 16.1. The van der Waals surface area contributed by atoms with E-state index >= 15 is 0 Å². The quantitative estimate of drug-likeness (QED) is 0.819. The molecule has 3 nitrogen and oxygen atoms in total. The molecule has 0 aliphatic rings. The van der Waals surface area contributed by atoms with Crippen LogP contribution in [-0.2, 0) is 4.79 Å². The third kappa shape index (κ3) is 3.10. The summed E-state index contributed by atoms with van der Waals surface area (Å²) in [6.45, 7) is 3.84. The molecule has 0 aliphatic carbocycles. The van der Waals surface area contributed by atoms with Gasteiger partial charge in [0.1, 0.15) is 0 Å². The molecule has 1 aromatic rings. The molecule has 1 N–H and O–H groups in total. The number of nitrogens with zero attached hydrogens (tertiary/aromatic N) is 1. The Morgan fingerprint density at radius 3 is 2.80 bits per heavy atom. The predicted octanol–water partition coefficient (Wildman–Crippen LogP) is 2.61. The molecule has 0 fully saturated rings. The van der Waals surface area contributed by atoms with E-state index in [9.17, 15) is 4.79 Å². The third-order valence-corrected chi connectivity index (χ3v) is 2.11. The summed E-state index contributed by atoms with van der Waals surface area (Å²) >= 11 is 0. The van der Waals surface area contributed by atoms with Gasteiger partial charge in [-0.3, -0.25) is 4.79 Å². The maximum atomic E-state index is 11.3. The van der Waals surface area contributed by atoms with E-state index in [4.69, 9.17) is 5.26 Å². The molecule has 15 heavy (non-hydrogen) atoms. The van der Waals surface area contributed by atoms with Crippen molar-refractivity contribution in [3.63, 3.8) is 0 Å². The second-order valence-electron chi connectivity index (χ2n) is 3.44. The Morgan fingerprint density at radius 1 is 1.53 bits per heavy atom. The van der Waals surface area contributed by atoms with Crippen LogP contribution in [0.1, 0.15) is 30.9 Å². The van der Waals surface area contributed by atoms with E-state index in [2.05, 4.69) is 11.4 Å². The molecule has 78 valence electrons. The number of hydrogen-bond acceptors (Lipinski definition) is 2. The highest BCUT2D eigenvalue weighted by Gasteiger charge is 2.03. The highest BCUT2D eigenvalue weighted by Crippen LogP contribution is 2.16. The number of nitriles is 1. The van der Waals surface area contributed by atoms with Crippen LogP contribution in [0, 0.1) is 18.3 Å². The van der Waals surface area contributed by atoms with E-state index in [1.165, 1.54) is 0 Å². The van der Waals surface area contributed by atoms with Crippen LogP contribution in [0.5, 0.6) is 0 Å². The smallest absolute Gasteiger partial charge is 0.224 e. The number of anilines is 1. The van der Waals surface area contributed by atoms with Crippen molar-refractivity contribution >= 4 is 11.6 Å². The van der Waals surface area contributed by atoms with Gasteiger partial charge < -0.3 is 5.32 Å². The second-order valence-corrected chi connectivity index (χ2v) is 3.44. The van der Waals surface area contributed by atoms with E-state index in [0.29, 0.717) is 12.0 Å². The van der Waals surface area contributed by atoms with Gasteiger partial charge in [0, 0.05) is 12.1 Å². The first kappa shape index (κ1) is 11.3. The monoisotopic (exact) mass is 202 g/mol. The minimum Gasteiger partial charge on any atom is -0.326 e. The molecular formula is C12H14N2O. The van der Waals surface area contributed by atoms with Gasteiger partial charge in [-0.05, 0) is 37.1 Å². The lowest BCUT2D eigenvalue weighted by Crippen LogP contribution is -2.11. The predicted molar refractivity (Wildman–Crippen MR) is 59.4 cm³/mol. The van der Waals surface area contributed by atoms with Crippen LogP contribution >= 0.6 is 0 Å². The Morgan fingerprint density at radius 2 is 2.27 bits per heavy atom. The first-order valence-electron chi connectivity index (χ1n) is 4.98. The van der Waals surface area contributed by atoms with Crippen molar-refractivity contribution in [1.82, 2.24) is 0 Å². The molecule has 0 unspecified atom stereocenters. The lowest BCUT2D eigenvalue weighted by Gasteiger charge is -2.07. The Bertz CT molecular complexity index is 405. The molecule has 0 spiro atoms. The minimum absolute atomic E-state index is 0.0188. The summed E-state index contributed by atoms with van der Waals surface area (Å²) < 4.78 is 0. The molecule has 1 amide bonds. The molecular weight excluding hydrogens is 188 g/mol. The first-order chi connectivity index (χ1) is 7.17. The molecule has 0 atom stereocenters. The normalized spacial score (nSPS) is 9.40. The van der Waals surface area contributed by atoms with Crippen LogP contribution in [0.4, 0.5) is 5.69 Å². The van der Waals surface area contributed by atoms with Gasteiger partial charge in [0.15, 0.2) is 0 Å². The summed E-state index contributed by atoms with van der Waals surface area (Å²) in [5.74, 6) is 0.0188.